The van der Waals surface area contributed by atoms with E-state index in [-0.39, 0.29) is 23.8 Å². The molecule has 0 spiro atoms. The minimum absolute atomic E-state index is 0.0158. The van der Waals surface area contributed by atoms with E-state index in [1.54, 1.807) is 13.1 Å². The Kier molecular flexibility index (Phi) is 15.4. The van der Waals surface area contributed by atoms with Crippen LogP contribution >= 0.6 is 0 Å². The quantitative estimate of drug-likeness (QED) is 0.394. The van der Waals surface area contributed by atoms with Crippen LogP contribution in [0, 0.1) is 12.7 Å². The predicted molar refractivity (Wildman–Crippen MR) is 149 cm³/mol. The molecule has 0 radical (unpaired) electrons. The molecule has 1 fully saturated rings. The van der Waals surface area contributed by atoms with E-state index in [2.05, 4.69) is 17.6 Å². The van der Waals surface area contributed by atoms with Gasteiger partial charge in [-0.25, -0.2) is 4.39 Å². The number of amides is 1. The standard InChI is InChI=1S/C22H27FN2O.C6H13NO.C2H6/c1-16-9-6-7-14-20(16)21(22(26)24-18-11-4-3-5-12-18)25(2)19-13-8-10-17(23)15-19;1-3-4-6(5-8)7-2;1-2/h6-10,13-15,18,21H,3-5,11-12H2,1-2H3,(H,24,26);5-7H,3-4H2,1-2H3;1-2H3. The van der Waals surface area contributed by atoms with Crippen LogP contribution in [0.3, 0.4) is 0 Å². The molecule has 0 aromatic heterocycles. The molecule has 2 atom stereocenters. The molecule has 0 bridgehead atoms. The first-order valence-corrected chi connectivity index (χ1v) is 13.4. The predicted octanol–water partition coefficient (Wildman–Crippen LogP) is 6.36. The molecule has 36 heavy (non-hydrogen) atoms. The molecule has 0 saturated heterocycles. The number of halogens is 1. The summed E-state index contributed by atoms with van der Waals surface area (Å²) >= 11 is 0. The van der Waals surface area contributed by atoms with Crippen molar-refractivity contribution in [1.82, 2.24) is 10.6 Å². The number of carbonyl (C=O) groups excluding carboxylic acids is 2. The second kappa shape index (κ2) is 17.7. The Balaban J connectivity index is 0.000000554. The number of carbonyl (C=O) groups is 2. The Morgan fingerprint density at radius 2 is 1.78 bits per heavy atom. The van der Waals surface area contributed by atoms with Gasteiger partial charge in [0.05, 0.1) is 6.04 Å². The molecule has 1 aliphatic carbocycles. The lowest BCUT2D eigenvalue weighted by molar-refractivity contribution is -0.123. The smallest absolute Gasteiger partial charge is 0.247 e. The molecule has 6 heteroatoms. The summed E-state index contributed by atoms with van der Waals surface area (Å²) in [5, 5.41) is 6.12. The van der Waals surface area contributed by atoms with Crippen LogP contribution in [0.5, 0.6) is 0 Å². The maximum Gasteiger partial charge on any atom is 0.247 e. The first kappa shape index (κ1) is 31.3. The summed E-state index contributed by atoms with van der Waals surface area (Å²) in [6, 6.07) is 14.1. The Hall–Kier alpha value is -2.73. The molecule has 2 aromatic carbocycles. The highest BCUT2D eigenvalue weighted by molar-refractivity contribution is 5.87. The summed E-state index contributed by atoms with van der Waals surface area (Å²) in [6.07, 6.45) is 8.61. The van der Waals surface area contributed by atoms with Gasteiger partial charge in [-0.15, -0.1) is 0 Å². The highest BCUT2D eigenvalue weighted by Gasteiger charge is 2.29. The first-order valence-electron chi connectivity index (χ1n) is 13.4. The van der Waals surface area contributed by atoms with Crippen molar-refractivity contribution in [3.63, 3.8) is 0 Å². The summed E-state index contributed by atoms with van der Waals surface area (Å²) < 4.78 is 13.7. The second-order valence-corrected chi connectivity index (χ2v) is 9.01. The van der Waals surface area contributed by atoms with Crippen LogP contribution in [0.1, 0.15) is 82.9 Å². The van der Waals surface area contributed by atoms with Crippen molar-refractivity contribution >= 4 is 17.9 Å². The molecule has 0 heterocycles. The lowest BCUT2D eigenvalue weighted by Crippen LogP contribution is -2.44. The zero-order valence-electron chi connectivity index (χ0n) is 23.0. The maximum absolute atomic E-state index is 13.7. The van der Waals surface area contributed by atoms with E-state index in [0.717, 1.165) is 43.1 Å². The van der Waals surface area contributed by atoms with Crippen LogP contribution in [-0.4, -0.2) is 38.4 Å². The van der Waals surface area contributed by atoms with Crippen molar-refractivity contribution in [2.24, 2.45) is 0 Å². The molecular weight excluding hydrogens is 453 g/mol. The Morgan fingerprint density at radius 1 is 1.11 bits per heavy atom. The molecule has 2 unspecified atom stereocenters. The van der Waals surface area contributed by atoms with Crippen LogP contribution in [0.15, 0.2) is 48.5 Å². The van der Waals surface area contributed by atoms with Crippen molar-refractivity contribution in [1.29, 1.82) is 0 Å². The third-order valence-electron chi connectivity index (χ3n) is 6.42. The number of aryl methyl sites for hydroxylation is 1. The lowest BCUT2D eigenvalue weighted by atomic mass is 9.94. The minimum Gasteiger partial charge on any atom is -0.359 e. The summed E-state index contributed by atoms with van der Waals surface area (Å²) in [6.45, 7) is 8.07. The Labute approximate surface area is 217 Å². The second-order valence-electron chi connectivity index (χ2n) is 9.01. The monoisotopic (exact) mass is 499 g/mol. The number of benzene rings is 2. The fourth-order valence-corrected chi connectivity index (χ4v) is 4.38. The zero-order valence-corrected chi connectivity index (χ0v) is 23.0. The molecule has 5 nitrogen and oxygen atoms in total. The zero-order chi connectivity index (χ0) is 26.9. The van der Waals surface area contributed by atoms with Gasteiger partial charge in [0.1, 0.15) is 18.1 Å². The molecule has 1 saturated carbocycles. The average Bonchev–Trinajstić information content (AvgIpc) is 2.90. The first-order chi connectivity index (χ1) is 17.4. The normalized spacial score (nSPS) is 14.8. The van der Waals surface area contributed by atoms with Crippen LogP contribution < -0.4 is 15.5 Å². The van der Waals surface area contributed by atoms with E-state index in [1.807, 2.05) is 63.1 Å². The minimum atomic E-state index is -0.486. The van der Waals surface area contributed by atoms with Gasteiger partial charge < -0.3 is 20.3 Å². The number of hydrogen-bond donors (Lipinski definition) is 2. The molecule has 1 aliphatic rings. The van der Waals surface area contributed by atoms with Crippen molar-refractivity contribution in [3.8, 4) is 0 Å². The van der Waals surface area contributed by atoms with Crippen LogP contribution in [-0.2, 0) is 9.59 Å². The van der Waals surface area contributed by atoms with Gasteiger partial charge in [0.2, 0.25) is 5.91 Å². The number of rotatable bonds is 9. The summed E-state index contributed by atoms with van der Waals surface area (Å²) in [5.41, 5.74) is 2.70. The number of anilines is 1. The van der Waals surface area contributed by atoms with E-state index in [1.165, 1.54) is 31.4 Å². The number of aldehydes is 1. The molecule has 0 aliphatic heterocycles. The SMILES string of the molecule is CC.CCCC(C=O)NC.Cc1ccccc1C(C(=O)NC1CCCCC1)N(C)c1cccc(F)c1. The van der Waals surface area contributed by atoms with Gasteiger partial charge in [0, 0.05) is 18.8 Å². The van der Waals surface area contributed by atoms with Gasteiger partial charge in [0.25, 0.3) is 0 Å². The van der Waals surface area contributed by atoms with Gasteiger partial charge in [-0.2, -0.15) is 0 Å². The molecule has 3 rings (SSSR count). The molecule has 2 N–H and O–H groups in total. The van der Waals surface area contributed by atoms with Crippen molar-refractivity contribution in [3.05, 3.63) is 65.5 Å². The fraction of sp³-hybridized carbons (Fsp3) is 0.533. The van der Waals surface area contributed by atoms with E-state index in [9.17, 15) is 14.0 Å². The fourth-order valence-electron chi connectivity index (χ4n) is 4.38. The summed E-state index contributed by atoms with van der Waals surface area (Å²) in [5.74, 6) is -0.316. The topological polar surface area (TPSA) is 61.4 Å². The van der Waals surface area contributed by atoms with Crippen LogP contribution in [0.4, 0.5) is 10.1 Å². The van der Waals surface area contributed by atoms with Crippen LogP contribution in [0.25, 0.3) is 0 Å². The van der Waals surface area contributed by atoms with E-state index in [4.69, 9.17) is 0 Å². The van der Waals surface area contributed by atoms with Crippen molar-refractivity contribution in [2.75, 3.05) is 19.0 Å². The molecule has 2 aromatic rings. The Bertz CT molecular complexity index is 899. The van der Waals surface area contributed by atoms with E-state index < -0.39 is 6.04 Å². The number of hydrogen-bond acceptors (Lipinski definition) is 4. The third kappa shape index (κ3) is 10.1. The van der Waals surface area contributed by atoms with Gasteiger partial charge in [-0.3, -0.25) is 4.79 Å². The maximum atomic E-state index is 13.7. The van der Waals surface area contributed by atoms with Gasteiger partial charge in [-0.05, 0) is 62.6 Å². The van der Waals surface area contributed by atoms with Crippen molar-refractivity contribution in [2.45, 2.75) is 90.8 Å². The van der Waals surface area contributed by atoms with E-state index in [0.29, 0.717) is 5.69 Å². The number of nitrogens with one attached hydrogen (secondary N) is 2. The van der Waals surface area contributed by atoms with Crippen molar-refractivity contribution < 1.29 is 14.0 Å². The number of nitrogens with zero attached hydrogens (tertiary/aromatic N) is 1. The largest absolute Gasteiger partial charge is 0.359 e. The van der Waals surface area contributed by atoms with Gasteiger partial charge in [-0.1, -0.05) is 76.8 Å². The number of likely N-dealkylation sites (N-methyl/N-ethyl adjacent to an activating group) is 2. The summed E-state index contributed by atoms with van der Waals surface area (Å²) in [4.78, 5) is 25.1. The average molecular weight is 500 g/mol. The molecular formula is C30H46FN3O2. The van der Waals surface area contributed by atoms with Gasteiger partial charge >= 0.3 is 0 Å². The van der Waals surface area contributed by atoms with E-state index >= 15 is 0 Å². The van der Waals surface area contributed by atoms with Crippen LogP contribution in [0.2, 0.25) is 0 Å². The van der Waals surface area contributed by atoms with Gasteiger partial charge in [0.15, 0.2) is 0 Å². The molecule has 1 amide bonds. The Morgan fingerprint density at radius 3 is 2.31 bits per heavy atom. The lowest BCUT2D eigenvalue weighted by Gasteiger charge is -2.33. The highest BCUT2D eigenvalue weighted by Crippen LogP contribution is 2.29. The molecule has 200 valence electrons. The third-order valence-corrected chi connectivity index (χ3v) is 6.42. The summed E-state index contributed by atoms with van der Waals surface area (Å²) in [7, 11) is 3.65. The highest BCUT2D eigenvalue weighted by atomic mass is 19.1.